The molecule has 2 aromatic rings. The normalized spacial score (nSPS) is 10.1. The van der Waals surface area contributed by atoms with Crippen molar-refractivity contribution >= 4 is 39.8 Å². The molecule has 0 unspecified atom stereocenters. The number of nitrogens with zero attached hydrogens (tertiary/aromatic N) is 2. The van der Waals surface area contributed by atoms with Gasteiger partial charge in [0.1, 0.15) is 16.7 Å². The largest absolute Gasteiger partial charge is 0.375 e. The number of aromatic nitrogens is 2. The second kappa shape index (κ2) is 4.46. The number of nitrogens with two attached hydrogens (primary N) is 1. The van der Waals surface area contributed by atoms with Gasteiger partial charge in [-0.05, 0) is 12.1 Å². The van der Waals surface area contributed by atoms with Crippen LogP contribution in [0.1, 0.15) is 10.5 Å². The molecule has 0 spiro atoms. The Morgan fingerprint density at radius 2 is 2.25 bits per heavy atom. The highest BCUT2D eigenvalue weighted by molar-refractivity contribution is 7.13. The van der Waals surface area contributed by atoms with Crippen LogP contribution in [0.3, 0.4) is 0 Å². The number of hydrogen-bond acceptors (Lipinski definition) is 5. The van der Waals surface area contributed by atoms with E-state index in [2.05, 4.69) is 15.3 Å². The van der Waals surface area contributed by atoms with Crippen molar-refractivity contribution in [3.05, 3.63) is 34.4 Å². The van der Waals surface area contributed by atoms with Crippen molar-refractivity contribution in [1.29, 1.82) is 0 Å². The van der Waals surface area contributed by atoms with Gasteiger partial charge in [-0.15, -0.1) is 11.3 Å². The zero-order chi connectivity index (χ0) is 11.5. The van der Waals surface area contributed by atoms with E-state index < -0.39 is 0 Å². The van der Waals surface area contributed by atoms with Crippen molar-refractivity contribution < 1.29 is 4.79 Å². The number of pyridine rings is 1. The predicted molar refractivity (Wildman–Crippen MR) is 63.7 cm³/mol. The molecule has 0 atom stereocenters. The van der Waals surface area contributed by atoms with Crippen LogP contribution < -0.4 is 11.1 Å². The Hall–Kier alpha value is -1.66. The molecule has 0 aromatic carbocycles. The third kappa shape index (κ3) is 2.47. The molecular formula is C9H7ClN4OS. The average molecular weight is 255 g/mol. The molecule has 2 heterocycles. The van der Waals surface area contributed by atoms with Gasteiger partial charge < -0.3 is 11.1 Å². The lowest BCUT2D eigenvalue weighted by Crippen LogP contribution is -2.13. The van der Waals surface area contributed by atoms with Gasteiger partial charge in [-0.2, -0.15) is 0 Å². The average Bonchev–Trinajstić information content (AvgIpc) is 2.65. The summed E-state index contributed by atoms with van der Waals surface area (Å²) in [5, 5.41) is 4.81. The maximum absolute atomic E-state index is 11.6. The molecule has 16 heavy (non-hydrogen) atoms. The monoisotopic (exact) mass is 254 g/mol. The Bertz CT molecular complexity index is 528. The smallest absolute Gasteiger partial charge is 0.276 e. The summed E-state index contributed by atoms with van der Waals surface area (Å²) in [6, 6.07) is 4.96. The summed E-state index contributed by atoms with van der Waals surface area (Å²) >= 11 is 6.89. The van der Waals surface area contributed by atoms with Crippen molar-refractivity contribution in [2.24, 2.45) is 0 Å². The molecule has 2 rings (SSSR count). The van der Waals surface area contributed by atoms with Crippen LogP contribution in [-0.2, 0) is 0 Å². The molecule has 3 N–H and O–H groups in total. The van der Waals surface area contributed by atoms with Crippen LogP contribution in [0.25, 0.3) is 0 Å². The quantitative estimate of drug-likeness (QED) is 0.804. The highest BCUT2D eigenvalue weighted by atomic mass is 35.5. The van der Waals surface area contributed by atoms with E-state index in [1.807, 2.05) is 0 Å². The third-order valence-electron chi connectivity index (χ3n) is 1.71. The van der Waals surface area contributed by atoms with E-state index in [1.165, 1.54) is 11.3 Å². The first kappa shape index (κ1) is 10.8. The van der Waals surface area contributed by atoms with Gasteiger partial charge in [0.05, 0.1) is 0 Å². The molecule has 0 aliphatic carbocycles. The van der Waals surface area contributed by atoms with Crippen molar-refractivity contribution in [2.45, 2.75) is 0 Å². The second-order valence-corrected chi connectivity index (χ2v) is 4.15. The molecule has 0 bridgehead atoms. The first-order valence-corrected chi connectivity index (χ1v) is 5.56. The van der Waals surface area contributed by atoms with Gasteiger partial charge in [0, 0.05) is 5.38 Å². The van der Waals surface area contributed by atoms with Gasteiger partial charge in [0.25, 0.3) is 5.91 Å². The van der Waals surface area contributed by atoms with Crippen LogP contribution in [0.2, 0.25) is 5.15 Å². The van der Waals surface area contributed by atoms with Crippen LogP contribution in [0.4, 0.5) is 10.9 Å². The molecule has 82 valence electrons. The van der Waals surface area contributed by atoms with Gasteiger partial charge >= 0.3 is 0 Å². The third-order valence-corrected chi connectivity index (χ3v) is 2.60. The Kier molecular flexibility index (Phi) is 3.02. The lowest BCUT2D eigenvalue weighted by Gasteiger charge is -2.01. The maximum Gasteiger partial charge on any atom is 0.276 e. The van der Waals surface area contributed by atoms with Crippen LogP contribution in [0.15, 0.2) is 23.6 Å². The van der Waals surface area contributed by atoms with Crippen LogP contribution in [0, 0.1) is 0 Å². The summed E-state index contributed by atoms with van der Waals surface area (Å²) in [6.45, 7) is 0. The van der Waals surface area contributed by atoms with Gasteiger partial charge in [-0.3, -0.25) is 4.79 Å². The molecule has 0 aliphatic heterocycles. The van der Waals surface area contributed by atoms with Gasteiger partial charge in [-0.1, -0.05) is 17.7 Å². The van der Waals surface area contributed by atoms with E-state index >= 15 is 0 Å². The van der Waals surface area contributed by atoms with E-state index in [9.17, 15) is 4.79 Å². The minimum absolute atomic E-state index is 0.268. The van der Waals surface area contributed by atoms with Gasteiger partial charge in [0.15, 0.2) is 5.13 Å². The van der Waals surface area contributed by atoms with E-state index in [0.717, 1.165) is 0 Å². The van der Waals surface area contributed by atoms with E-state index in [0.29, 0.717) is 16.1 Å². The summed E-state index contributed by atoms with van der Waals surface area (Å²) in [4.78, 5) is 19.4. The number of carbonyl (C=O) groups is 1. The zero-order valence-corrected chi connectivity index (χ0v) is 9.55. The number of hydrogen-bond donors (Lipinski definition) is 2. The number of carbonyl (C=O) groups excluding carboxylic acids is 1. The fourth-order valence-electron chi connectivity index (χ4n) is 1.05. The van der Waals surface area contributed by atoms with Crippen molar-refractivity contribution in [3.8, 4) is 0 Å². The number of rotatable bonds is 2. The summed E-state index contributed by atoms with van der Waals surface area (Å²) in [6.07, 6.45) is 0. The predicted octanol–water partition coefficient (Wildman–Crippen LogP) is 2.03. The number of nitrogens with one attached hydrogen (secondary N) is 1. The fourth-order valence-corrected chi connectivity index (χ4v) is 1.76. The van der Waals surface area contributed by atoms with Crippen molar-refractivity contribution in [3.63, 3.8) is 0 Å². The van der Waals surface area contributed by atoms with Crippen LogP contribution in [-0.4, -0.2) is 15.9 Å². The molecule has 2 aromatic heterocycles. The van der Waals surface area contributed by atoms with E-state index in [-0.39, 0.29) is 11.6 Å². The second-order valence-electron chi connectivity index (χ2n) is 2.87. The Morgan fingerprint density at radius 1 is 1.44 bits per heavy atom. The zero-order valence-electron chi connectivity index (χ0n) is 7.98. The molecule has 0 radical (unpaired) electrons. The first-order chi connectivity index (χ1) is 7.65. The van der Waals surface area contributed by atoms with Crippen LogP contribution >= 0.6 is 22.9 Å². The molecule has 0 aliphatic rings. The van der Waals surface area contributed by atoms with E-state index in [4.69, 9.17) is 17.3 Å². The fraction of sp³-hybridized carbons (Fsp3) is 0. The topological polar surface area (TPSA) is 80.9 Å². The minimum Gasteiger partial charge on any atom is -0.375 e. The SMILES string of the molecule is Nc1nc(C(=O)Nc2cccc(Cl)n2)cs1. The number of nitrogen functional groups attached to an aromatic ring is 1. The van der Waals surface area contributed by atoms with Crippen molar-refractivity contribution in [1.82, 2.24) is 9.97 Å². The van der Waals surface area contributed by atoms with Gasteiger partial charge in [-0.25, -0.2) is 9.97 Å². The summed E-state index contributed by atoms with van der Waals surface area (Å²) in [7, 11) is 0. The summed E-state index contributed by atoms with van der Waals surface area (Å²) in [5.74, 6) is 0.0202. The lowest BCUT2D eigenvalue weighted by atomic mass is 10.4. The highest BCUT2D eigenvalue weighted by Gasteiger charge is 2.10. The molecule has 0 fully saturated rings. The molecule has 0 saturated heterocycles. The Morgan fingerprint density at radius 3 is 2.88 bits per heavy atom. The molecule has 1 amide bonds. The lowest BCUT2D eigenvalue weighted by molar-refractivity contribution is 0.102. The highest BCUT2D eigenvalue weighted by Crippen LogP contribution is 2.14. The van der Waals surface area contributed by atoms with E-state index in [1.54, 1.807) is 23.6 Å². The molecule has 0 saturated carbocycles. The standard InChI is InChI=1S/C9H7ClN4OS/c10-6-2-1-3-7(13-6)14-8(15)5-4-16-9(11)12-5/h1-4H,(H2,11,12)(H,13,14,15). The number of halogens is 1. The van der Waals surface area contributed by atoms with Crippen molar-refractivity contribution in [2.75, 3.05) is 11.1 Å². The summed E-state index contributed by atoms with van der Waals surface area (Å²) in [5.41, 5.74) is 5.69. The van der Waals surface area contributed by atoms with Crippen LogP contribution in [0.5, 0.6) is 0 Å². The molecular weight excluding hydrogens is 248 g/mol. The number of amides is 1. The number of thiazole rings is 1. The molecule has 5 nitrogen and oxygen atoms in total. The maximum atomic E-state index is 11.6. The number of anilines is 2. The van der Waals surface area contributed by atoms with Gasteiger partial charge in [0.2, 0.25) is 0 Å². The Labute approximate surface area is 100 Å². The summed E-state index contributed by atoms with van der Waals surface area (Å²) < 4.78 is 0. The molecule has 7 heteroatoms. The first-order valence-electron chi connectivity index (χ1n) is 4.30. The Balaban J connectivity index is 2.13. The minimum atomic E-state index is -0.359.